The lowest BCUT2D eigenvalue weighted by atomic mass is 9.77. The number of aliphatic hydroxyl groups is 1. The molecule has 5 nitrogen and oxygen atoms in total. The molecule has 2 saturated heterocycles. The van der Waals surface area contributed by atoms with E-state index < -0.39 is 5.82 Å². The van der Waals surface area contributed by atoms with Crippen LogP contribution in [-0.2, 0) is 11.2 Å². The number of rotatable bonds is 3. The molecular formula is C21H29ClFN3O2. The molecule has 1 aromatic carbocycles. The van der Waals surface area contributed by atoms with Gasteiger partial charge in [0.15, 0.2) is 0 Å². The van der Waals surface area contributed by atoms with Crippen LogP contribution in [0.15, 0.2) is 18.2 Å². The van der Waals surface area contributed by atoms with Gasteiger partial charge in [0.2, 0.25) is 5.91 Å². The van der Waals surface area contributed by atoms with Gasteiger partial charge in [0.1, 0.15) is 5.82 Å². The highest BCUT2D eigenvalue weighted by molar-refractivity contribution is 6.31. The molecule has 2 aliphatic heterocycles. The average Bonchev–Trinajstić information content (AvgIpc) is 3.07. The molecule has 4 atom stereocenters. The van der Waals surface area contributed by atoms with Gasteiger partial charge < -0.3 is 14.9 Å². The van der Waals surface area contributed by atoms with Crippen LogP contribution < -0.4 is 0 Å². The first-order valence-electron chi connectivity index (χ1n) is 10.2. The van der Waals surface area contributed by atoms with Crippen molar-refractivity contribution >= 4 is 17.5 Å². The first-order chi connectivity index (χ1) is 13.4. The van der Waals surface area contributed by atoms with Gasteiger partial charge in [0.05, 0.1) is 12.5 Å². The van der Waals surface area contributed by atoms with Crippen molar-refractivity contribution in [2.45, 2.75) is 31.4 Å². The van der Waals surface area contributed by atoms with Crippen molar-refractivity contribution in [3.63, 3.8) is 0 Å². The SMILES string of the molecule is CN1CCN([C@@H]2C[C@@H]3CN(C(=O)Cc4ccc(F)cc4Cl)C[C@@H]3C[C@H]2O)CC1. The molecule has 1 N–H and O–H groups in total. The van der Waals surface area contributed by atoms with Crippen LogP contribution in [0.4, 0.5) is 4.39 Å². The normalized spacial score (nSPS) is 31.8. The minimum atomic E-state index is -0.391. The molecule has 7 heteroatoms. The molecule has 0 bridgehead atoms. The van der Waals surface area contributed by atoms with E-state index in [2.05, 4.69) is 16.8 Å². The van der Waals surface area contributed by atoms with Gasteiger partial charge in [-0.3, -0.25) is 9.69 Å². The minimum Gasteiger partial charge on any atom is -0.391 e. The predicted octanol–water partition coefficient (Wildman–Crippen LogP) is 1.87. The molecule has 2 heterocycles. The molecule has 0 unspecified atom stereocenters. The molecular weight excluding hydrogens is 381 g/mol. The maximum atomic E-state index is 13.2. The highest BCUT2D eigenvalue weighted by Gasteiger charge is 2.44. The summed E-state index contributed by atoms with van der Waals surface area (Å²) in [5.41, 5.74) is 0.665. The lowest BCUT2D eigenvalue weighted by Gasteiger charge is -2.44. The fourth-order valence-corrected chi connectivity index (χ4v) is 5.33. The Balaban J connectivity index is 1.37. The fraction of sp³-hybridized carbons (Fsp3) is 0.667. The van der Waals surface area contributed by atoms with Crippen LogP contribution in [0, 0.1) is 17.7 Å². The van der Waals surface area contributed by atoms with Crippen LogP contribution >= 0.6 is 11.6 Å². The number of carbonyl (C=O) groups excluding carboxylic acids is 1. The molecule has 154 valence electrons. The molecule has 0 radical (unpaired) electrons. The van der Waals surface area contributed by atoms with Crippen molar-refractivity contribution in [1.29, 1.82) is 0 Å². The number of hydrogen-bond donors (Lipinski definition) is 1. The summed E-state index contributed by atoms with van der Waals surface area (Å²) in [6, 6.07) is 4.39. The highest BCUT2D eigenvalue weighted by atomic mass is 35.5. The second-order valence-corrected chi connectivity index (χ2v) is 9.08. The van der Waals surface area contributed by atoms with E-state index >= 15 is 0 Å². The van der Waals surface area contributed by atoms with Crippen molar-refractivity contribution in [2.24, 2.45) is 11.8 Å². The second kappa shape index (κ2) is 8.27. The maximum Gasteiger partial charge on any atom is 0.227 e. The fourth-order valence-electron chi connectivity index (χ4n) is 5.10. The van der Waals surface area contributed by atoms with Crippen molar-refractivity contribution < 1.29 is 14.3 Å². The molecule has 3 aliphatic rings. The maximum absolute atomic E-state index is 13.2. The van der Waals surface area contributed by atoms with Crippen LogP contribution in [-0.4, -0.2) is 84.2 Å². The summed E-state index contributed by atoms with van der Waals surface area (Å²) in [6.07, 6.45) is 1.61. The van der Waals surface area contributed by atoms with E-state index in [0.717, 1.165) is 45.6 Å². The van der Waals surface area contributed by atoms with Gasteiger partial charge in [-0.2, -0.15) is 0 Å². The summed E-state index contributed by atoms with van der Waals surface area (Å²) in [4.78, 5) is 19.5. The van der Waals surface area contributed by atoms with E-state index in [4.69, 9.17) is 11.6 Å². The summed E-state index contributed by atoms with van der Waals surface area (Å²) in [5.74, 6) is 0.456. The van der Waals surface area contributed by atoms with Crippen LogP contribution in [0.5, 0.6) is 0 Å². The Bertz CT molecular complexity index is 726. The number of likely N-dealkylation sites (N-methyl/N-ethyl adjacent to an activating group) is 1. The van der Waals surface area contributed by atoms with E-state index in [-0.39, 0.29) is 24.5 Å². The monoisotopic (exact) mass is 409 g/mol. The van der Waals surface area contributed by atoms with Gasteiger partial charge in [-0.25, -0.2) is 4.39 Å². The van der Waals surface area contributed by atoms with E-state index in [9.17, 15) is 14.3 Å². The average molecular weight is 410 g/mol. The molecule has 0 spiro atoms. The number of likely N-dealkylation sites (tertiary alicyclic amines) is 1. The summed E-state index contributed by atoms with van der Waals surface area (Å²) < 4.78 is 13.2. The number of benzene rings is 1. The van der Waals surface area contributed by atoms with Crippen molar-refractivity contribution in [3.8, 4) is 0 Å². The van der Waals surface area contributed by atoms with Crippen molar-refractivity contribution in [1.82, 2.24) is 14.7 Å². The third kappa shape index (κ3) is 4.20. The van der Waals surface area contributed by atoms with Crippen LogP contribution in [0.3, 0.4) is 0 Å². The second-order valence-electron chi connectivity index (χ2n) is 8.68. The van der Waals surface area contributed by atoms with E-state index in [1.54, 1.807) is 6.07 Å². The van der Waals surface area contributed by atoms with Gasteiger partial charge in [-0.1, -0.05) is 17.7 Å². The Morgan fingerprint density at radius 2 is 1.86 bits per heavy atom. The number of aliphatic hydroxyl groups excluding tert-OH is 1. The standard InChI is InChI=1S/C21H29ClFN3O2/c1-24-4-6-25(7-5-24)19-8-15-12-26(13-16(15)9-20(19)27)21(28)10-14-2-3-17(23)11-18(14)22/h2-3,11,15-16,19-20,27H,4-10,12-13H2,1H3/t15-,16+,19-,20-/m1/s1. The number of nitrogens with zero attached hydrogens (tertiary/aromatic N) is 3. The van der Waals surface area contributed by atoms with Gasteiger partial charge >= 0.3 is 0 Å². The zero-order chi connectivity index (χ0) is 19.8. The quantitative estimate of drug-likeness (QED) is 0.828. The molecule has 1 aliphatic carbocycles. The van der Waals surface area contributed by atoms with Crippen LogP contribution in [0.2, 0.25) is 5.02 Å². The molecule has 1 saturated carbocycles. The summed E-state index contributed by atoms with van der Waals surface area (Å²) in [6.45, 7) is 5.54. The number of piperazine rings is 1. The minimum absolute atomic E-state index is 0.0357. The van der Waals surface area contributed by atoms with Crippen molar-refractivity contribution in [3.05, 3.63) is 34.6 Å². The van der Waals surface area contributed by atoms with E-state index in [1.165, 1.54) is 12.1 Å². The largest absolute Gasteiger partial charge is 0.391 e. The molecule has 1 amide bonds. The highest BCUT2D eigenvalue weighted by Crippen LogP contribution is 2.38. The zero-order valence-corrected chi connectivity index (χ0v) is 17.1. The molecule has 0 aromatic heterocycles. The van der Waals surface area contributed by atoms with Crippen LogP contribution in [0.1, 0.15) is 18.4 Å². The topological polar surface area (TPSA) is 47.0 Å². The van der Waals surface area contributed by atoms with Gasteiger partial charge in [0, 0.05) is 50.3 Å². The van der Waals surface area contributed by atoms with E-state index in [0.29, 0.717) is 29.0 Å². The van der Waals surface area contributed by atoms with Gasteiger partial charge in [-0.15, -0.1) is 0 Å². The molecule has 1 aromatic rings. The summed E-state index contributed by atoms with van der Waals surface area (Å²) in [5, 5.41) is 11.0. The molecule has 3 fully saturated rings. The van der Waals surface area contributed by atoms with Gasteiger partial charge in [0.25, 0.3) is 0 Å². The first-order valence-corrected chi connectivity index (χ1v) is 10.6. The number of amides is 1. The Morgan fingerprint density at radius 1 is 1.18 bits per heavy atom. The first kappa shape index (κ1) is 20.1. The van der Waals surface area contributed by atoms with Crippen LogP contribution in [0.25, 0.3) is 0 Å². The predicted molar refractivity (Wildman–Crippen MR) is 107 cm³/mol. The Kier molecular flexibility index (Phi) is 5.93. The van der Waals surface area contributed by atoms with E-state index in [1.807, 2.05) is 4.90 Å². The molecule has 28 heavy (non-hydrogen) atoms. The Hall–Kier alpha value is -1.21. The summed E-state index contributed by atoms with van der Waals surface area (Å²) in [7, 11) is 2.14. The lowest BCUT2D eigenvalue weighted by molar-refractivity contribution is -0.129. The number of halogens is 2. The number of hydrogen-bond acceptors (Lipinski definition) is 4. The Labute approximate surface area is 171 Å². The van der Waals surface area contributed by atoms with Crippen molar-refractivity contribution in [2.75, 3.05) is 46.3 Å². The Morgan fingerprint density at radius 3 is 2.54 bits per heavy atom. The number of fused-ring (bicyclic) bond motifs is 1. The third-order valence-electron chi connectivity index (χ3n) is 6.83. The zero-order valence-electron chi connectivity index (χ0n) is 16.4. The lowest BCUT2D eigenvalue weighted by Crippen LogP contribution is -2.55. The molecule has 4 rings (SSSR count). The smallest absolute Gasteiger partial charge is 0.227 e. The third-order valence-corrected chi connectivity index (χ3v) is 7.18. The summed E-state index contributed by atoms with van der Waals surface area (Å²) >= 11 is 6.08. The number of carbonyl (C=O) groups is 1. The van der Waals surface area contributed by atoms with Gasteiger partial charge in [-0.05, 0) is 49.4 Å².